The Bertz CT molecular complexity index is 455. The van der Waals surface area contributed by atoms with Crippen LogP contribution in [0.25, 0.3) is 0 Å². The standard InChI is InChI=1S/C12H17N3O3/c13-10(17)12(3-4-16)2-1-8-6-15(11(14)18)7-9(8)5-12/h1-2,16H,3-7H2,(H2,13,17)(H2,14,18). The Morgan fingerprint density at radius 2 is 2.11 bits per heavy atom. The van der Waals surface area contributed by atoms with Crippen LogP contribution in [0.15, 0.2) is 23.3 Å². The number of amides is 3. The average molecular weight is 251 g/mol. The van der Waals surface area contributed by atoms with Crippen LogP contribution in [0.5, 0.6) is 0 Å². The molecular weight excluding hydrogens is 234 g/mol. The molecule has 0 radical (unpaired) electrons. The van der Waals surface area contributed by atoms with Gasteiger partial charge in [0.1, 0.15) is 0 Å². The van der Waals surface area contributed by atoms with Gasteiger partial charge in [-0.15, -0.1) is 0 Å². The van der Waals surface area contributed by atoms with Gasteiger partial charge < -0.3 is 21.5 Å². The van der Waals surface area contributed by atoms with E-state index in [9.17, 15) is 9.59 Å². The van der Waals surface area contributed by atoms with E-state index in [-0.39, 0.29) is 6.61 Å². The second kappa shape index (κ2) is 4.45. The maximum Gasteiger partial charge on any atom is 0.315 e. The predicted molar refractivity (Wildman–Crippen MR) is 65.3 cm³/mol. The number of urea groups is 1. The van der Waals surface area contributed by atoms with Gasteiger partial charge in [-0.25, -0.2) is 4.79 Å². The van der Waals surface area contributed by atoms with Gasteiger partial charge in [0.2, 0.25) is 5.91 Å². The Hall–Kier alpha value is -1.82. The van der Waals surface area contributed by atoms with E-state index in [0.29, 0.717) is 25.9 Å². The van der Waals surface area contributed by atoms with E-state index < -0.39 is 17.4 Å². The summed E-state index contributed by atoms with van der Waals surface area (Å²) in [5, 5.41) is 9.07. The molecule has 0 bridgehead atoms. The maximum atomic E-state index is 11.6. The fourth-order valence-electron chi connectivity index (χ4n) is 2.56. The van der Waals surface area contributed by atoms with Crippen molar-refractivity contribution in [3.05, 3.63) is 23.3 Å². The highest BCUT2D eigenvalue weighted by molar-refractivity contribution is 5.84. The zero-order valence-corrected chi connectivity index (χ0v) is 10.1. The molecular formula is C12H17N3O3. The normalized spacial score (nSPS) is 26.4. The summed E-state index contributed by atoms with van der Waals surface area (Å²) in [5.41, 5.74) is 11.9. The Morgan fingerprint density at radius 3 is 2.67 bits per heavy atom. The Labute approximate surface area is 105 Å². The molecule has 0 spiro atoms. The number of nitrogens with zero attached hydrogens (tertiary/aromatic N) is 1. The van der Waals surface area contributed by atoms with Crippen LogP contribution in [0, 0.1) is 5.41 Å². The topological polar surface area (TPSA) is 110 Å². The quantitative estimate of drug-likeness (QED) is 0.628. The van der Waals surface area contributed by atoms with Crippen molar-refractivity contribution in [3.63, 3.8) is 0 Å². The van der Waals surface area contributed by atoms with Crippen LogP contribution in [-0.4, -0.2) is 41.6 Å². The molecule has 1 aliphatic carbocycles. The summed E-state index contributed by atoms with van der Waals surface area (Å²) < 4.78 is 0. The molecule has 1 aliphatic heterocycles. The Kier molecular flexibility index (Phi) is 3.13. The van der Waals surface area contributed by atoms with Gasteiger partial charge in [-0.05, 0) is 24.0 Å². The van der Waals surface area contributed by atoms with Crippen LogP contribution in [0.2, 0.25) is 0 Å². The van der Waals surface area contributed by atoms with Crippen molar-refractivity contribution in [2.24, 2.45) is 16.9 Å². The third-order valence-corrected chi connectivity index (χ3v) is 3.69. The van der Waals surface area contributed by atoms with Gasteiger partial charge in [-0.3, -0.25) is 4.79 Å². The molecule has 2 aliphatic rings. The van der Waals surface area contributed by atoms with Gasteiger partial charge in [0.15, 0.2) is 0 Å². The summed E-state index contributed by atoms with van der Waals surface area (Å²) in [5.74, 6) is -0.447. The highest BCUT2D eigenvalue weighted by atomic mass is 16.3. The molecule has 0 aromatic rings. The molecule has 1 heterocycles. The van der Waals surface area contributed by atoms with Crippen LogP contribution in [0.1, 0.15) is 12.8 Å². The first kappa shape index (κ1) is 12.6. The minimum atomic E-state index is -0.832. The summed E-state index contributed by atoms with van der Waals surface area (Å²) >= 11 is 0. The Balaban J connectivity index is 2.19. The van der Waals surface area contributed by atoms with Crippen molar-refractivity contribution in [2.45, 2.75) is 12.8 Å². The number of carbonyl (C=O) groups is 2. The summed E-state index contributed by atoms with van der Waals surface area (Å²) in [6, 6.07) is -0.468. The second-order valence-electron chi connectivity index (χ2n) is 4.83. The number of primary amides is 2. The molecule has 98 valence electrons. The third kappa shape index (κ3) is 1.99. The van der Waals surface area contributed by atoms with Gasteiger partial charge in [0.05, 0.1) is 5.41 Å². The first-order valence-electron chi connectivity index (χ1n) is 5.84. The van der Waals surface area contributed by atoms with E-state index in [2.05, 4.69) is 0 Å². The van der Waals surface area contributed by atoms with Crippen LogP contribution in [0.3, 0.4) is 0 Å². The average Bonchev–Trinajstić information content (AvgIpc) is 2.72. The summed E-state index contributed by atoms with van der Waals surface area (Å²) in [4.78, 5) is 24.3. The molecule has 18 heavy (non-hydrogen) atoms. The number of hydrogen-bond acceptors (Lipinski definition) is 3. The van der Waals surface area contributed by atoms with Gasteiger partial charge in [0.25, 0.3) is 0 Å². The highest BCUT2D eigenvalue weighted by Crippen LogP contribution is 2.39. The van der Waals surface area contributed by atoms with E-state index >= 15 is 0 Å². The lowest BCUT2D eigenvalue weighted by Gasteiger charge is -2.30. The molecule has 0 saturated carbocycles. The number of nitrogens with two attached hydrogens (primary N) is 2. The predicted octanol–water partition coefficient (Wildman–Crippen LogP) is -0.509. The van der Waals surface area contributed by atoms with E-state index in [4.69, 9.17) is 16.6 Å². The molecule has 6 heteroatoms. The molecule has 2 rings (SSSR count). The van der Waals surface area contributed by atoms with Crippen LogP contribution < -0.4 is 11.5 Å². The van der Waals surface area contributed by atoms with E-state index in [1.807, 2.05) is 6.08 Å². The van der Waals surface area contributed by atoms with Crippen molar-refractivity contribution in [3.8, 4) is 0 Å². The molecule has 1 atom stereocenters. The van der Waals surface area contributed by atoms with E-state index in [0.717, 1.165) is 11.1 Å². The molecule has 1 unspecified atom stereocenters. The zero-order valence-electron chi connectivity index (χ0n) is 10.1. The second-order valence-corrected chi connectivity index (χ2v) is 4.83. The summed E-state index contributed by atoms with van der Waals surface area (Å²) in [6.07, 6.45) is 4.32. The fraction of sp³-hybridized carbons (Fsp3) is 0.500. The lowest BCUT2D eigenvalue weighted by atomic mass is 9.74. The van der Waals surface area contributed by atoms with Crippen molar-refractivity contribution in [1.29, 1.82) is 0 Å². The number of rotatable bonds is 3. The number of hydrogen-bond donors (Lipinski definition) is 3. The third-order valence-electron chi connectivity index (χ3n) is 3.69. The smallest absolute Gasteiger partial charge is 0.315 e. The fourth-order valence-corrected chi connectivity index (χ4v) is 2.56. The van der Waals surface area contributed by atoms with E-state index in [1.165, 1.54) is 4.90 Å². The number of aliphatic hydroxyl groups excluding tert-OH is 1. The molecule has 0 aromatic carbocycles. The first-order valence-corrected chi connectivity index (χ1v) is 5.84. The maximum absolute atomic E-state index is 11.6. The molecule has 0 saturated heterocycles. The first-order chi connectivity index (χ1) is 8.48. The van der Waals surface area contributed by atoms with E-state index in [1.54, 1.807) is 6.08 Å². The molecule has 5 N–H and O–H groups in total. The number of aliphatic hydroxyl groups is 1. The molecule has 6 nitrogen and oxygen atoms in total. The van der Waals surface area contributed by atoms with Crippen LogP contribution in [-0.2, 0) is 4.79 Å². The zero-order chi connectivity index (χ0) is 13.3. The lowest BCUT2D eigenvalue weighted by Crippen LogP contribution is -2.38. The summed E-state index contributed by atoms with van der Waals surface area (Å²) in [7, 11) is 0. The van der Waals surface area contributed by atoms with Crippen LogP contribution in [0.4, 0.5) is 4.79 Å². The molecule has 0 aromatic heterocycles. The molecule has 3 amide bonds. The monoisotopic (exact) mass is 251 g/mol. The lowest BCUT2D eigenvalue weighted by molar-refractivity contribution is -0.126. The van der Waals surface area contributed by atoms with Crippen molar-refractivity contribution < 1.29 is 14.7 Å². The minimum absolute atomic E-state index is 0.102. The van der Waals surface area contributed by atoms with Crippen molar-refractivity contribution in [1.82, 2.24) is 4.90 Å². The molecule has 0 fully saturated rings. The Morgan fingerprint density at radius 1 is 1.39 bits per heavy atom. The highest BCUT2D eigenvalue weighted by Gasteiger charge is 2.39. The minimum Gasteiger partial charge on any atom is -0.396 e. The largest absolute Gasteiger partial charge is 0.396 e. The van der Waals surface area contributed by atoms with Crippen molar-refractivity contribution >= 4 is 11.9 Å². The van der Waals surface area contributed by atoms with Gasteiger partial charge >= 0.3 is 6.03 Å². The van der Waals surface area contributed by atoms with Gasteiger partial charge in [-0.1, -0.05) is 12.2 Å². The van der Waals surface area contributed by atoms with Gasteiger partial charge in [0, 0.05) is 19.7 Å². The number of carbonyl (C=O) groups excluding carboxylic acids is 2. The van der Waals surface area contributed by atoms with Crippen molar-refractivity contribution in [2.75, 3.05) is 19.7 Å². The van der Waals surface area contributed by atoms with Crippen LogP contribution >= 0.6 is 0 Å². The van der Waals surface area contributed by atoms with Gasteiger partial charge in [-0.2, -0.15) is 0 Å². The SMILES string of the molecule is NC(=O)N1CC2=C(C1)CC(CCO)(C(N)=O)C=C2. The summed E-state index contributed by atoms with van der Waals surface area (Å²) in [6.45, 7) is 0.819.